The van der Waals surface area contributed by atoms with Gasteiger partial charge in [-0.1, -0.05) is 36.2 Å². The van der Waals surface area contributed by atoms with E-state index in [1.54, 1.807) is 0 Å². The Morgan fingerprint density at radius 2 is 2.00 bits per heavy atom. The Morgan fingerprint density at radius 1 is 1.20 bits per heavy atom. The number of nitrogens with one attached hydrogen (secondary N) is 1. The van der Waals surface area contributed by atoms with Crippen molar-refractivity contribution < 1.29 is 0 Å². The SMILES string of the molecule is CCCNC(c1ccc(Cl)c(Cl)c1)c1cnn(CC)c1. The summed E-state index contributed by atoms with van der Waals surface area (Å²) in [5.74, 6) is 0. The van der Waals surface area contributed by atoms with E-state index in [-0.39, 0.29) is 6.04 Å². The fourth-order valence-corrected chi connectivity index (χ4v) is 2.42. The summed E-state index contributed by atoms with van der Waals surface area (Å²) in [6.45, 7) is 6.02. The molecule has 1 aromatic heterocycles. The molecule has 0 aliphatic carbocycles. The Morgan fingerprint density at radius 3 is 2.60 bits per heavy atom. The minimum absolute atomic E-state index is 0.0880. The Bertz CT molecular complexity index is 566. The van der Waals surface area contributed by atoms with Gasteiger partial charge in [-0.25, -0.2) is 0 Å². The zero-order valence-electron chi connectivity index (χ0n) is 11.7. The van der Waals surface area contributed by atoms with E-state index in [1.165, 1.54) is 0 Å². The monoisotopic (exact) mass is 311 g/mol. The molecule has 0 bridgehead atoms. The normalized spacial score (nSPS) is 12.6. The first-order valence-corrected chi connectivity index (χ1v) is 7.62. The van der Waals surface area contributed by atoms with Gasteiger partial charge in [0.2, 0.25) is 0 Å². The van der Waals surface area contributed by atoms with Crippen molar-refractivity contribution in [2.24, 2.45) is 0 Å². The molecule has 1 atom stereocenters. The molecule has 0 radical (unpaired) electrons. The van der Waals surface area contributed by atoms with Crippen LogP contribution in [0.15, 0.2) is 30.6 Å². The van der Waals surface area contributed by atoms with Crippen molar-refractivity contribution in [2.45, 2.75) is 32.9 Å². The molecule has 0 amide bonds. The molecule has 0 saturated heterocycles. The summed E-state index contributed by atoms with van der Waals surface area (Å²) < 4.78 is 1.92. The van der Waals surface area contributed by atoms with Crippen LogP contribution in [0.4, 0.5) is 0 Å². The van der Waals surface area contributed by atoms with E-state index >= 15 is 0 Å². The van der Waals surface area contributed by atoms with Crippen molar-refractivity contribution in [2.75, 3.05) is 6.54 Å². The van der Waals surface area contributed by atoms with E-state index in [1.807, 2.05) is 29.1 Å². The van der Waals surface area contributed by atoms with Crippen molar-refractivity contribution in [3.63, 3.8) is 0 Å². The highest BCUT2D eigenvalue weighted by molar-refractivity contribution is 6.42. The average molecular weight is 312 g/mol. The van der Waals surface area contributed by atoms with E-state index in [2.05, 4.69) is 30.5 Å². The maximum absolute atomic E-state index is 6.13. The lowest BCUT2D eigenvalue weighted by Gasteiger charge is -2.18. The third-order valence-corrected chi connectivity index (χ3v) is 3.93. The van der Waals surface area contributed by atoms with Crippen molar-refractivity contribution in [3.8, 4) is 0 Å². The van der Waals surface area contributed by atoms with Gasteiger partial charge in [0.15, 0.2) is 0 Å². The maximum atomic E-state index is 6.13. The molecule has 0 aliphatic heterocycles. The molecule has 108 valence electrons. The van der Waals surface area contributed by atoms with Crippen LogP contribution in [0, 0.1) is 0 Å². The molecule has 5 heteroatoms. The summed E-state index contributed by atoms with van der Waals surface area (Å²) in [7, 11) is 0. The van der Waals surface area contributed by atoms with Gasteiger partial charge < -0.3 is 5.32 Å². The molecule has 3 nitrogen and oxygen atoms in total. The second-order valence-electron chi connectivity index (χ2n) is 4.69. The summed E-state index contributed by atoms with van der Waals surface area (Å²) in [6.07, 6.45) is 5.04. The summed E-state index contributed by atoms with van der Waals surface area (Å²) >= 11 is 12.1. The van der Waals surface area contributed by atoms with Gasteiger partial charge >= 0.3 is 0 Å². The molecule has 0 aliphatic rings. The molecular formula is C15H19Cl2N3. The summed E-state index contributed by atoms with van der Waals surface area (Å²) in [5.41, 5.74) is 2.24. The van der Waals surface area contributed by atoms with Gasteiger partial charge in [-0.15, -0.1) is 0 Å². The summed E-state index contributed by atoms with van der Waals surface area (Å²) in [4.78, 5) is 0. The fourth-order valence-electron chi connectivity index (χ4n) is 2.11. The molecule has 1 unspecified atom stereocenters. The number of hydrogen-bond acceptors (Lipinski definition) is 2. The van der Waals surface area contributed by atoms with E-state index in [4.69, 9.17) is 23.2 Å². The van der Waals surface area contributed by atoms with Gasteiger partial charge in [0.25, 0.3) is 0 Å². The lowest BCUT2D eigenvalue weighted by atomic mass is 10.0. The third-order valence-electron chi connectivity index (χ3n) is 3.19. The second kappa shape index (κ2) is 7.11. The molecule has 0 spiro atoms. The molecule has 2 rings (SSSR count). The van der Waals surface area contributed by atoms with Gasteiger partial charge in [-0.2, -0.15) is 5.10 Å². The topological polar surface area (TPSA) is 29.9 Å². The van der Waals surface area contributed by atoms with Gasteiger partial charge in [0.1, 0.15) is 0 Å². The predicted molar refractivity (Wildman–Crippen MR) is 84.5 cm³/mol. The lowest BCUT2D eigenvalue weighted by molar-refractivity contribution is 0.596. The second-order valence-corrected chi connectivity index (χ2v) is 5.50. The van der Waals surface area contributed by atoms with Crippen LogP contribution in [0.2, 0.25) is 10.0 Å². The predicted octanol–water partition coefficient (Wildman–Crippen LogP) is 4.30. The van der Waals surface area contributed by atoms with Gasteiger partial charge in [-0.3, -0.25) is 4.68 Å². The number of aromatic nitrogens is 2. The zero-order valence-corrected chi connectivity index (χ0v) is 13.2. The average Bonchev–Trinajstić information content (AvgIpc) is 2.92. The Labute approximate surface area is 129 Å². The standard InChI is InChI=1S/C15H19Cl2N3/c1-3-7-18-15(12-9-19-20(4-2)10-12)11-5-6-13(16)14(17)8-11/h5-6,8-10,15,18H,3-4,7H2,1-2H3. The zero-order chi connectivity index (χ0) is 14.5. The minimum Gasteiger partial charge on any atom is -0.306 e. The smallest absolute Gasteiger partial charge is 0.0608 e. The minimum atomic E-state index is 0.0880. The quantitative estimate of drug-likeness (QED) is 0.862. The van der Waals surface area contributed by atoms with E-state index in [0.29, 0.717) is 10.0 Å². The van der Waals surface area contributed by atoms with Crippen LogP contribution in [0.1, 0.15) is 37.4 Å². The number of rotatable bonds is 6. The number of hydrogen-bond donors (Lipinski definition) is 1. The highest BCUT2D eigenvalue weighted by atomic mass is 35.5. The lowest BCUT2D eigenvalue weighted by Crippen LogP contribution is -2.22. The molecule has 0 saturated carbocycles. The van der Waals surface area contributed by atoms with Crippen LogP contribution in [0.3, 0.4) is 0 Å². The van der Waals surface area contributed by atoms with Crippen molar-refractivity contribution in [1.82, 2.24) is 15.1 Å². The first-order chi connectivity index (χ1) is 9.65. The van der Waals surface area contributed by atoms with Crippen LogP contribution < -0.4 is 5.32 Å². The Balaban J connectivity index is 2.32. The van der Waals surface area contributed by atoms with Gasteiger partial charge in [-0.05, 0) is 37.6 Å². The molecule has 1 N–H and O–H groups in total. The largest absolute Gasteiger partial charge is 0.306 e. The van der Waals surface area contributed by atoms with Gasteiger partial charge in [0, 0.05) is 18.3 Å². The number of nitrogens with zero attached hydrogens (tertiary/aromatic N) is 2. The number of aryl methyl sites for hydroxylation is 1. The maximum Gasteiger partial charge on any atom is 0.0608 e. The highest BCUT2D eigenvalue weighted by Crippen LogP contribution is 2.28. The van der Waals surface area contributed by atoms with E-state index < -0.39 is 0 Å². The van der Waals surface area contributed by atoms with E-state index in [0.717, 1.165) is 30.6 Å². The van der Waals surface area contributed by atoms with Crippen molar-refractivity contribution >= 4 is 23.2 Å². The summed E-state index contributed by atoms with van der Waals surface area (Å²) in [6, 6.07) is 5.85. The molecule has 0 fully saturated rings. The number of benzene rings is 1. The van der Waals surface area contributed by atoms with Crippen LogP contribution >= 0.6 is 23.2 Å². The highest BCUT2D eigenvalue weighted by Gasteiger charge is 2.16. The van der Waals surface area contributed by atoms with Crippen LogP contribution in [0.25, 0.3) is 0 Å². The Hall–Kier alpha value is -1.03. The Kier molecular flexibility index (Phi) is 5.46. The molecule has 2 aromatic rings. The van der Waals surface area contributed by atoms with Crippen LogP contribution in [-0.2, 0) is 6.54 Å². The fraction of sp³-hybridized carbons (Fsp3) is 0.400. The first-order valence-electron chi connectivity index (χ1n) is 6.86. The van der Waals surface area contributed by atoms with Crippen LogP contribution in [-0.4, -0.2) is 16.3 Å². The first kappa shape index (κ1) is 15.4. The molecular weight excluding hydrogens is 293 g/mol. The molecule has 20 heavy (non-hydrogen) atoms. The van der Waals surface area contributed by atoms with Crippen molar-refractivity contribution in [1.29, 1.82) is 0 Å². The van der Waals surface area contributed by atoms with Gasteiger partial charge in [0.05, 0.1) is 22.3 Å². The number of halogens is 2. The molecule has 1 heterocycles. The van der Waals surface area contributed by atoms with E-state index in [9.17, 15) is 0 Å². The third kappa shape index (κ3) is 3.54. The summed E-state index contributed by atoms with van der Waals surface area (Å²) in [5, 5.41) is 9.03. The van der Waals surface area contributed by atoms with Crippen molar-refractivity contribution in [3.05, 3.63) is 51.8 Å². The molecule has 1 aromatic carbocycles. The van der Waals surface area contributed by atoms with Crippen LogP contribution in [0.5, 0.6) is 0 Å².